The second-order valence-corrected chi connectivity index (χ2v) is 4.88. The van der Waals surface area contributed by atoms with Gasteiger partial charge in [0.2, 0.25) is 0 Å². The fourth-order valence-electron chi connectivity index (χ4n) is 2.16. The van der Waals surface area contributed by atoms with E-state index in [1.807, 2.05) is 0 Å². The summed E-state index contributed by atoms with van der Waals surface area (Å²) in [7, 11) is 0. The molecule has 1 aromatic heterocycles. The van der Waals surface area contributed by atoms with Crippen molar-refractivity contribution in [2.75, 3.05) is 5.32 Å². The number of hydrogen-bond acceptors (Lipinski definition) is 4. The Labute approximate surface area is 127 Å². The van der Waals surface area contributed by atoms with E-state index in [1.54, 1.807) is 24.3 Å². The van der Waals surface area contributed by atoms with Crippen LogP contribution in [0.15, 0.2) is 36.4 Å². The Bertz CT molecular complexity index is 827. The molecule has 0 aliphatic heterocycles. The van der Waals surface area contributed by atoms with Crippen LogP contribution >= 0.6 is 0 Å². The third-order valence-corrected chi connectivity index (χ3v) is 3.09. The smallest absolute Gasteiger partial charge is 0.377 e. The number of aromatic nitrogens is 4. The highest BCUT2D eigenvalue weighted by atomic mass is 19.4. The quantitative estimate of drug-likeness (QED) is 0.749. The number of tetrazole rings is 1. The van der Waals surface area contributed by atoms with Crippen molar-refractivity contribution in [2.45, 2.75) is 19.3 Å². The Morgan fingerprint density at radius 3 is 2.74 bits per heavy atom. The predicted octanol–water partition coefficient (Wildman–Crippen LogP) is 3.14. The second kappa shape index (κ2) is 5.82. The molecule has 3 rings (SSSR count). The number of rotatable bonds is 4. The van der Waals surface area contributed by atoms with Gasteiger partial charge in [-0.25, -0.2) is 4.39 Å². The molecule has 0 atom stereocenters. The summed E-state index contributed by atoms with van der Waals surface area (Å²) in [5, 5.41) is 15.1. The molecule has 1 heterocycles. The molecular formula is C14H11F4N5. The van der Waals surface area contributed by atoms with E-state index in [0.29, 0.717) is 15.9 Å². The number of fused-ring (bicyclic) bond motifs is 1. The van der Waals surface area contributed by atoms with E-state index in [-0.39, 0.29) is 18.2 Å². The Morgan fingerprint density at radius 2 is 1.96 bits per heavy atom. The van der Waals surface area contributed by atoms with Gasteiger partial charge < -0.3 is 5.32 Å². The summed E-state index contributed by atoms with van der Waals surface area (Å²) in [6.45, 7) is -1.18. The Morgan fingerprint density at radius 1 is 1.13 bits per heavy atom. The molecule has 0 bridgehead atoms. The van der Waals surface area contributed by atoms with Gasteiger partial charge in [-0.15, -0.1) is 10.2 Å². The lowest BCUT2D eigenvalue weighted by Gasteiger charge is -2.08. The van der Waals surface area contributed by atoms with Crippen molar-refractivity contribution in [1.29, 1.82) is 0 Å². The third-order valence-electron chi connectivity index (χ3n) is 3.09. The van der Waals surface area contributed by atoms with Crippen LogP contribution in [0.4, 0.5) is 23.2 Å². The molecule has 0 radical (unpaired) electrons. The number of anilines is 1. The van der Waals surface area contributed by atoms with Crippen molar-refractivity contribution in [1.82, 2.24) is 20.2 Å². The van der Waals surface area contributed by atoms with E-state index in [1.165, 1.54) is 12.1 Å². The molecule has 0 saturated carbocycles. The van der Waals surface area contributed by atoms with Crippen LogP contribution in [-0.2, 0) is 13.1 Å². The highest BCUT2D eigenvalue weighted by Gasteiger charge is 2.29. The summed E-state index contributed by atoms with van der Waals surface area (Å²) >= 11 is 0. The average molecular weight is 325 g/mol. The molecule has 0 spiro atoms. The number of nitrogens with zero attached hydrogens (tertiary/aromatic N) is 4. The van der Waals surface area contributed by atoms with Crippen LogP contribution in [-0.4, -0.2) is 26.4 Å². The summed E-state index contributed by atoms with van der Waals surface area (Å²) < 4.78 is 49.9. The van der Waals surface area contributed by atoms with Crippen molar-refractivity contribution < 1.29 is 17.6 Å². The van der Waals surface area contributed by atoms with Gasteiger partial charge in [0.15, 0.2) is 12.4 Å². The van der Waals surface area contributed by atoms with Crippen LogP contribution in [0, 0.1) is 5.82 Å². The minimum absolute atomic E-state index is 0.106. The zero-order chi connectivity index (χ0) is 16.4. The van der Waals surface area contributed by atoms with Gasteiger partial charge in [-0.3, -0.25) is 0 Å². The van der Waals surface area contributed by atoms with Crippen molar-refractivity contribution in [2.24, 2.45) is 0 Å². The van der Waals surface area contributed by atoms with Crippen molar-refractivity contribution in [3.8, 4) is 0 Å². The van der Waals surface area contributed by atoms with Gasteiger partial charge in [-0.2, -0.15) is 18.0 Å². The summed E-state index contributed by atoms with van der Waals surface area (Å²) in [6, 6.07) is 9.66. The van der Waals surface area contributed by atoms with Crippen LogP contribution < -0.4 is 5.32 Å². The first-order valence-corrected chi connectivity index (χ1v) is 6.66. The molecule has 9 heteroatoms. The molecule has 0 amide bonds. The first kappa shape index (κ1) is 15.2. The molecule has 0 saturated heterocycles. The maximum Gasteiger partial charge on any atom is 0.409 e. The molecule has 2 aromatic carbocycles. The van der Waals surface area contributed by atoms with Gasteiger partial charge in [0.05, 0.1) is 6.54 Å². The number of halogens is 4. The zero-order valence-corrected chi connectivity index (χ0v) is 11.7. The van der Waals surface area contributed by atoms with Gasteiger partial charge in [0.1, 0.15) is 5.82 Å². The van der Waals surface area contributed by atoms with E-state index >= 15 is 0 Å². The molecule has 3 aromatic rings. The largest absolute Gasteiger partial charge is 0.409 e. The van der Waals surface area contributed by atoms with Crippen LogP contribution in [0.5, 0.6) is 0 Å². The highest BCUT2D eigenvalue weighted by molar-refractivity contribution is 5.93. The van der Waals surface area contributed by atoms with E-state index in [0.717, 1.165) is 5.39 Å². The fourth-order valence-corrected chi connectivity index (χ4v) is 2.16. The fraction of sp³-hybridized carbons (Fsp3) is 0.214. The van der Waals surface area contributed by atoms with Crippen LogP contribution in [0.2, 0.25) is 0 Å². The maximum atomic E-state index is 13.2. The van der Waals surface area contributed by atoms with Crippen LogP contribution in [0.25, 0.3) is 10.8 Å². The molecular weight excluding hydrogens is 314 g/mol. The lowest BCUT2D eigenvalue weighted by atomic mass is 10.1. The van der Waals surface area contributed by atoms with E-state index in [4.69, 9.17) is 0 Å². The second-order valence-electron chi connectivity index (χ2n) is 4.88. The lowest BCUT2D eigenvalue weighted by molar-refractivity contribution is -0.145. The monoisotopic (exact) mass is 325 g/mol. The van der Waals surface area contributed by atoms with Crippen LogP contribution in [0.1, 0.15) is 5.82 Å². The topological polar surface area (TPSA) is 55.6 Å². The minimum Gasteiger partial charge on any atom is -0.377 e. The molecule has 5 nitrogen and oxygen atoms in total. The predicted molar refractivity (Wildman–Crippen MR) is 75.1 cm³/mol. The molecule has 0 aliphatic rings. The normalized spacial score (nSPS) is 11.8. The molecule has 0 fully saturated rings. The first-order valence-electron chi connectivity index (χ1n) is 6.66. The number of nitrogens with one attached hydrogen (secondary N) is 1. The third kappa shape index (κ3) is 3.74. The molecule has 0 unspecified atom stereocenters. The summed E-state index contributed by atoms with van der Waals surface area (Å²) in [6.07, 6.45) is -4.40. The Balaban J connectivity index is 1.74. The lowest BCUT2D eigenvalue weighted by Crippen LogP contribution is -2.19. The van der Waals surface area contributed by atoms with Gasteiger partial charge >= 0.3 is 6.18 Å². The van der Waals surface area contributed by atoms with Gasteiger partial charge in [-0.1, -0.05) is 12.1 Å². The Hall–Kier alpha value is -2.71. The molecule has 0 aliphatic carbocycles. The molecule has 23 heavy (non-hydrogen) atoms. The summed E-state index contributed by atoms with van der Waals surface area (Å²) in [4.78, 5) is 0.496. The maximum absolute atomic E-state index is 13.2. The number of benzene rings is 2. The van der Waals surface area contributed by atoms with E-state index < -0.39 is 12.7 Å². The highest BCUT2D eigenvalue weighted by Crippen LogP contribution is 2.24. The standard InChI is InChI=1S/C14H11F4N5/c15-10-4-5-11-9(6-10)2-1-3-12(11)19-7-13-20-22-23(21-13)8-14(16,17)18/h1-6,19H,7-8H2. The molecule has 120 valence electrons. The molecule has 1 N–H and O–H groups in total. The van der Waals surface area contributed by atoms with Crippen molar-refractivity contribution >= 4 is 16.5 Å². The summed E-state index contributed by atoms with van der Waals surface area (Å²) in [5.74, 6) is -0.209. The van der Waals surface area contributed by atoms with E-state index in [9.17, 15) is 17.6 Å². The summed E-state index contributed by atoms with van der Waals surface area (Å²) in [5.41, 5.74) is 0.703. The van der Waals surface area contributed by atoms with Crippen molar-refractivity contribution in [3.05, 3.63) is 48.0 Å². The minimum atomic E-state index is -4.40. The van der Waals surface area contributed by atoms with Crippen molar-refractivity contribution in [3.63, 3.8) is 0 Å². The SMILES string of the molecule is Fc1ccc2c(NCc3nnn(CC(F)(F)F)n3)cccc2c1. The number of hydrogen-bond donors (Lipinski definition) is 1. The van der Waals surface area contributed by atoms with Gasteiger partial charge in [-0.05, 0) is 34.9 Å². The van der Waals surface area contributed by atoms with E-state index in [2.05, 4.69) is 20.7 Å². The number of alkyl halides is 3. The average Bonchev–Trinajstić information content (AvgIpc) is 2.90. The Kier molecular flexibility index (Phi) is 3.85. The van der Waals surface area contributed by atoms with Gasteiger partial charge in [0.25, 0.3) is 0 Å². The van der Waals surface area contributed by atoms with Crippen LogP contribution in [0.3, 0.4) is 0 Å². The first-order chi connectivity index (χ1) is 10.9. The van der Waals surface area contributed by atoms with Gasteiger partial charge in [0, 0.05) is 11.1 Å². The zero-order valence-electron chi connectivity index (χ0n) is 11.7.